The maximum atomic E-state index is 12.9. The molecule has 0 aliphatic heterocycles. The second-order valence-electron chi connectivity index (χ2n) is 18.0. The van der Waals surface area contributed by atoms with Crippen LogP contribution in [-0.2, 0) is 42.2 Å². The highest BCUT2D eigenvalue weighted by atomic mass is 31.2. The summed E-state index contributed by atoms with van der Waals surface area (Å²) in [4.78, 5) is 48.5. The van der Waals surface area contributed by atoms with Crippen LogP contribution in [0.2, 0.25) is 0 Å². The Bertz CT molecular complexity index is 1750. The average Bonchev–Trinajstić information content (AvgIpc) is 3.39. The Balaban J connectivity index is 4.87. The minimum absolute atomic E-state index is 0.0160. The molecule has 11 nitrogen and oxygen atoms in total. The van der Waals surface area contributed by atoms with Crippen LogP contribution in [0, 0.1) is 0 Å². The van der Waals surface area contributed by atoms with Crippen LogP contribution in [0.1, 0.15) is 201 Å². The summed E-state index contributed by atoms with van der Waals surface area (Å²) in [5.41, 5.74) is 0. The van der Waals surface area contributed by atoms with Crippen LogP contribution in [0.25, 0.3) is 0 Å². The van der Waals surface area contributed by atoms with Crippen molar-refractivity contribution in [3.63, 3.8) is 0 Å². The predicted molar refractivity (Wildman–Crippen MR) is 306 cm³/mol. The topological polar surface area (TPSA) is 155 Å². The number of hydrogen-bond acceptors (Lipinski definition) is 10. The molecule has 3 unspecified atom stereocenters. The van der Waals surface area contributed by atoms with Crippen molar-refractivity contribution in [3.8, 4) is 0 Å². The molecular formula is C62H99O11P. The number of ether oxygens (including phenoxy) is 3. The molecule has 0 radical (unpaired) electrons. The maximum absolute atomic E-state index is 12.9. The zero-order chi connectivity index (χ0) is 54.1. The molecule has 0 spiro atoms. The molecule has 418 valence electrons. The summed E-state index contributed by atoms with van der Waals surface area (Å²) in [5.74, 6) is -1.66. The van der Waals surface area contributed by atoms with E-state index in [1.807, 2.05) is 12.2 Å². The lowest BCUT2D eigenvalue weighted by Crippen LogP contribution is -2.30. The number of allylic oxidation sites excluding steroid dienone is 21. The van der Waals surface area contributed by atoms with Crippen molar-refractivity contribution in [2.24, 2.45) is 0 Å². The molecule has 12 heteroatoms. The summed E-state index contributed by atoms with van der Waals surface area (Å²) >= 11 is 0. The van der Waals surface area contributed by atoms with Crippen LogP contribution in [0.3, 0.4) is 0 Å². The molecule has 0 saturated heterocycles. The largest absolute Gasteiger partial charge is 0.472 e. The molecule has 0 amide bonds. The number of unbranched alkanes of at least 4 members (excludes halogenated alkanes) is 12. The summed E-state index contributed by atoms with van der Waals surface area (Å²) in [6.07, 6.45) is 68.7. The first-order valence-electron chi connectivity index (χ1n) is 28.1. The molecule has 0 saturated carbocycles. The van der Waals surface area contributed by atoms with Gasteiger partial charge in [-0.05, 0) is 109 Å². The van der Waals surface area contributed by atoms with Gasteiger partial charge in [0.1, 0.15) is 12.7 Å². The Morgan fingerprint density at radius 2 is 0.703 bits per heavy atom. The fourth-order valence-corrected chi connectivity index (χ4v) is 7.71. The number of esters is 3. The molecule has 0 aliphatic rings. The Labute approximate surface area is 449 Å². The number of phosphoric acid groups is 1. The minimum atomic E-state index is -4.78. The second-order valence-corrected chi connectivity index (χ2v) is 19.4. The van der Waals surface area contributed by atoms with Crippen LogP contribution in [0.5, 0.6) is 0 Å². The van der Waals surface area contributed by atoms with Gasteiger partial charge >= 0.3 is 25.7 Å². The Morgan fingerprint density at radius 1 is 0.392 bits per heavy atom. The molecule has 0 rings (SSSR count). The third kappa shape index (κ3) is 52.5. The van der Waals surface area contributed by atoms with Gasteiger partial charge in [-0.1, -0.05) is 206 Å². The smallest absolute Gasteiger partial charge is 0.461 e. The van der Waals surface area contributed by atoms with Gasteiger partial charge in [0.15, 0.2) is 6.10 Å². The third-order valence-electron chi connectivity index (χ3n) is 11.1. The molecule has 2 N–H and O–H groups in total. The van der Waals surface area contributed by atoms with Gasteiger partial charge in [-0.2, -0.15) is 0 Å². The lowest BCUT2D eigenvalue weighted by Gasteiger charge is -2.21. The van der Waals surface area contributed by atoms with E-state index in [9.17, 15) is 28.9 Å². The van der Waals surface area contributed by atoms with E-state index in [4.69, 9.17) is 23.3 Å². The van der Waals surface area contributed by atoms with Crippen LogP contribution in [-0.4, -0.2) is 66.5 Å². The molecule has 0 fully saturated rings. The minimum Gasteiger partial charge on any atom is -0.461 e. The summed E-state index contributed by atoms with van der Waals surface area (Å²) in [6.45, 7) is 4.14. The summed E-state index contributed by atoms with van der Waals surface area (Å²) in [7, 11) is -4.78. The zero-order valence-electron chi connectivity index (χ0n) is 46.0. The van der Waals surface area contributed by atoms with Gasteiger partial charge in [0.05, 0.1) is 26.2 Å². The molecule has 74 heavy (non-hydrogen) atoms. The van der Waals surface area contributed by atoms with Crippen molar-refractivity contribution < 1.29 is 52.2 Å². The molecular weight excluding hydrogens is 952 g/mol. The number of aliphatic hydroxyl groups is 1. The molecule has 0 aromatic carbocycles. The Hall–Kier alpha value is -4.38. The Kier molecular flexibility index (Phi) is 51.6. The van der Waals surface area contributed by atoms with E-state index >= 15 is 0 Å². The summed E-state index contributed by atoms with van der Waals surface area (Å²) < 4.78 is 39.3. The van der Waals surface area contributed by atoms with E-state index in [1.165, 1.54) is 0 Å². The second kappa shape index (κ2) is 54.9. The molecule has 0 heterocycles. The summed E-state index contributed by atoms with van der Waals surface area (Å²) in [5, 5.41) is 9.81. The normalized spacial score (nSPS) is 14.4. The van der Waals surface area contributed by atoms with E-state index in [2.05, 4.69) is 136 Å². The molecule has 0 aromatic rings. The van der Waals surface area contributed by atoms with Crippen molar-refractivity contribution in [1.29, 1.82) is 0 Å². The lowest BCUT2D eigenvalue weighted by molar-refractivity contribution is -0.161. The quantitative estimate of drug-likeness (QED) is 0.0197. The van der Waals surface area contributed by atoms with Gasteiger partial charge in [0, 0.05) is 12.8 Å². The number of rotatable bonds is 50. The average molecular weight is 1050 g/mol. The van der Waals surface area contributed by atoms with Gasteiger partial charge < -0.3 is 24.2 Å². The van der Waals surface area contributed by atoms with Crippen molar-refractivity contribution in [2.45, 2.75) is 213 Å². The first kappa shape index (κ1) is 69.6. The van der Waals surface area contributed by atoms with Crippen molar-refractivity contribution in [2.75, 3.05) is 26.4 Å². The maximum Gasteiger partial charge on any atom is 0.472 e. The first-order chi connectivity index (χ1) is 36.2. The zero-order valence-corrected chi connectivity index (χ0v) is 46.9. The van der Waals surface area contributed by atoms with Crippen LogP contribution in [0.15, 0.2) is 134 Å². The fraction of sp³-hybridized carbons (Fsp3) is 0.597. The van der Waals surface area contributed by atoms with Gasteiger partial charge in [-0.15, -0.1) is 0 Å². The first-order valence-corrected chi connectivity index (χ1v) is 29.6. The highest BCUT2D eigenvalue weighted by Crippen LogP contribution is 2.43. The van der Waals surface area contributed by atoms with E-state index in [0.29, 0.717) is 19.3 Å². The van der Waals surface area contributed by atoms with Gasteiger partial charge in [0.2, 0.25) is 0 Å². The molecule has 0 bridgehead atoms. The number of carbonyl (C=O) groups is 3. The third-order valence-corrected chi connectivity index (χ3v) is 12.0. The number of hydrogen-bond donors (Lipinski definition) is 2. The number of carbonyl (C=O) groups excluding carboxylic acids is 3. The fourth-order valence-electron chi connectivity index (χ4n) is 6.93. The SMILES string of the molecule is CC/C=C\C/C=C\C/C=C\C/C=C\C/C=C\CC(=O)OCC(COP(=O)(O)OCC(CO)OC(=O)CCCCCCC/C=C\C/C=C\C/C=C\CC)OC(=O)CCCCCCCCC/C=C\C/C=C\C/C=C\CC. The van der Waals surface area contributed by atoms with E-state index in [-0.39, 0.29) is 19.3 Å². The summed E-state index contributed by atoms with van der Waals surface area (Å²) in [6, 6.07) is 0. The van der Waals surface area contributed by atoms with Crippen molar-refractivity contribution in [3.05, 3.63) is 134 Å². The van der Waals surface area contributed by atoms with Crippen LogP contribution < -0.4 is 0 Å². The predicted octanol–water partition coefficient (Wildman–Crippen LogP) is 16.6. The van der Waals surface area contributed by atoms with E-state index in [1.54, 1.807) is 6.08 Å². The lowest BCUT2D eigenvalue weighted by atomic mass is 10.1. The Morgan fingerprint density at radius 3 is 1.08 bits per heavy atom. The monoisotopic (exact) mass is 1050 g/mol. The highest BCUT2D eigenvalue weighted by molar-refractivity contribution is 7.47. The van der Waals surface area contributed by atoms with E-state index in [0.717, 1.165) is 141 Å². The van der Waals surface area contributed by atoms with Crippen molar-refractivity contribution >= 4 is 25.7 Å². The molecule has 3 atom stereocenters. The number of phosphoric ester groups is 1. The van der Waals surface area contributed by atoms with Crippen LogP contribution >= 0.6 is 7.82 Å². The van der Waals surface area contributed by atoms with Gasteiger partial charge in [-0.3, -0.25) is 23.4 Å². The van der Waals surface area contributed by atoms with Gasteiger partial charge in [0.25, 0.3) is 0 Å². The molecule has 0 aliphatic carbocycles. The molecule has 0 aromatic heterocycles. The van der Waals surface area contributed by atoms with E-state index < -0.39 is 64.4 Å². The van der Waals surface area contributed by atoms with Crippen LogP contribution in [0.4, 0.5) is 0 Å². The number of aliphatic hydroxyl groups excluding tert-OH is 1. The van der Waals surface area contributed by atoms with Crippen molar-refractivity contribution in [1.82, 2.24) is 0 Å². The standard InChI is InChI=1S/C62H99O11P/c1-4-7-10-13-16-19-22-25-28-29-32-35-38-41-44-47-50-53-62(66)73-59(55-69-60(64)51-48-45-42-39-36-33-30-26-23-20-17-14-11-8-5-2)57-71-74(67,68)70-56-58(54-63)72-61(65)52-49-46-43-40-37-34-31-27-24-21-18-15-12-9-6-3/h7-12,16-21,25-28,30-31,36,39,45,48,58-59,63H,4-6,13-15,22-24,29,32-35,37-38,40-44,46-47,49-57H2,1-3H3,(H,67,68)/b10-7-,11-8-,12-9-,19-16-,20-17-,21-18-,28-25-,30-26-,31-27-,39-36-,48-45-. The van der Waals surface area contributed by atoms with Gasteiger partial charge in [-0.25, -0.2) is 4.57 Å². The highest BCUT2D eigenvalue weighted by Gasteiger charge is 2.28.